The fourth-order valence-electron chi connectivity index (χ4n) is 3.58. The zero-order valence-corrected chi connectivity index (χ0v) is 16.1. The lowest BCUT2D eigenvalue weighted by atomic mass is 9.93. The highest BCUT2D eigenvalue weighted by Crippen LogP contribution is 2.29. The summed E-state index contributed by atoms with van der Waals surface area (Å²) in [6, 6.07) is 12.8. The molecule has 3 aromatic rings. The first kappa shape index (κ1) is 18.8. The average molecular weight is 391 g/mol. The zero-order valence-electron chi connectivity index (χ0n) is 16.1. The lowest BCUT2D eigenvalue weighted by molar-refractivity contribution is 0.0865. The van der Waals surface area contributed by atoms with Crippen LogP contribution in [0.3, 0.4) is 0 Å². The quantitative estimate of drug-likeness (QED) is 0.710. The van der Waals surface area contributed by atoms with Crippen LogP contribution in [0, 0.1) is 11.3 Å². The van der Waals surface area contributed by atoms with Crippen molar-refractivity contribution >= 4 is 16.9 Å². The first-order chi connectivity index (χ1) is 14.2. The highest BCUT2D eigenvalue weighted by atomic mass is 16.5. The van der Waals surface area contributed by atoms with E-state index in [-0.39, 0.29) is 23.8 Å². The van der Waals surface area contributed by atoms with Gasteiger partial charge in [-0.15, -0.1) is 0 Å². The van der Waals surface area contributed by atoms with Crippen LogP contribution in [0.2, 0.25) is 0 Å². The second kappa shape index (κ2) is 8.23. The number of ether oxygens (including phenoxy) is 2. The van der Waals surface area contributed by atoms with E-state index in [0.717, 1.165) is 31.1 Å². The number of carbonyl (C=O) groups is 1. The molecule has 7 nitrogen and oxygen atoms in total. The molecule has 1 amide bonds. The molecule has 7 heteroatoms. The van der Waals surface area contributed by atoms with Gasteiger partial charge in [-0.2, -0.15) is 5.26 Å². The average Bonchev–Trinajstić information content (AvgIpc) is 3.20. The number of nitrogens with zero attached hydrogens (tertiary/aromatic N) is 2. The highest BCUT2D eigenvalue weighted by Gasteiger charge is 2.25. The molecule has 1 saturated carbocycles. The van der Waals surface area contributed by atoms with E-state index < -0.39 is 0 Å². The normalized spacial score (nSPS) is 18.8. The number of nitrogens with one attached hydrogen (secondary N) is 1. The van der Waals surface area contributed by atoms with E-state index in [9.17, 15) is 4.79 Å². The van der Waals surface area contributed by atoms with E-state index in [0.29, 0.717) is 22.8 Å². The van der Waals surface area contributed by atoms with E-state index in [4.69, 9.17) is 19.2 Å². The van der Waals surface area contributed by atoms with E-state index in [2.05, 4.69) is 10.3 Å². The second-order valence-electron chi connectivity index (χ2n) is 7.05. The monoisotopic (exact) mass is 391 g/mol. The number of amides is 1. The molecule has 0 unspecified atom stereocenters. The molecule has 0 aliphatic heterocycles. The molecule has 2 aromatic heterocycles. The van der Waals surface area contributed by atoms with E-state index >= 15 is 0 Å². The summed E-state index contributed by atoms with van der Waals surface area (Å²) in [5.41, 5.74) is 1.08. The Labute approximate surface area is 168 Å². The van der Waals surface area contributed by atoms with Gasteiger partial charge in [0.25, 0.3) is 5.91 Å². The van der Waals surface area contributed by atoms with E-state index in [1.807, 2.05) is 18.2 Å². The Bertz CT molecular complexity index is 1040. The van der Waals surface area contributed by atoms with Crippen LogP contribution in [-0.4, -0.2) is 30.1 Å². The van der Waals surface area contributed by atoms with Gasteiger partial charge < -0.3 is 19.2 Å². The Morgan fingerprint density at radius 1 is 1.24 bits per heavy atom. The third-order valence-electron chi connectivity index (χ3n) is 5.11. The van der Waals surface area contributed by atoms with Gasteiger partial charge in [-0.3, -0.25) is 4.79 Å². The van der Waals surface area contributed by atoms with Crippen LogP contribution in [0.4, 0.5) is 0 Å². The topological polar surface area (TPSA) is 97.4 Å². The van der Waals surface area contributed by atoms with E-state index in [1.54, 1.807) is 31.4 Å². The maximum absolute atomic E-state index is 12.6. The predicted octanol–water partition coefficient (Wildman–Crippen LogP) is 3.83. The third-order valence-corrected chi connectivity index (χ3v) is 5.11. The van der Waals surface area contributed by atoms with Crippen LogP contribution in [0.25, 0.3) is 11.0 Å². The predicted molar refractivity (Wildman–Crippen MR) is 106 cm³/mol. The van der Waals surface area contributed by atoms with Gasteiger partial charge in [-0.05, 0) is 43.9 Å². The summed E-state index contributed by atoms with van der Waals surface area (Å²) in [6.07, 6.45) is 4.83. The van der Waals surface area contributed by atoms with Crippen molar-refractivity contribution in [2.24, 2.45) is 0 Å². The Kier molecular flexibility index (Phi) is 5.34. The Morgan fingerprint density at radius 3 is 2.76 bits per heavy atom. The molecule has 0 saturated heterocycles. The lowest BCUT2D eigenvalue weighted by Gasteiger charge is -2.28. The Morgan fingerprint density at radius 2 is 2.07 bits per heavy atom. The highest BCUT2D eigenvalue weighted by molar-refractivity contribution is 5.97. The summed E-state index contributed by atoms with van der Waals surface area (Å²) in [6.45, 7) is 0. The summed E-state index contributed by atoms with van der Waals surface area (Å²) in [7, 11) is 1.57. The molecule has 1 fully saturated rings. The first-order valence-corrected chi connectivity index (χ1v) is 9.56. The number of furan rings is 1. The van der Waals surface area contributed by atoms with Crippen molar-refractivity contribution in [3.05, 3.63) is 53.9 Å². The summed E-state index contributed by atoms with van der Waals surface area (Å²) >= 11 is 0. The molecule has 0 bridgehead atoms. The van der Waals surface area contributed by atoms with Crippen LogP contribution >= 0.6 is 0 Å². The number of aromatic nitrogens is 1. The van der Waals surface area contributed by atoms with Gasteiger partial charge >= 0.3 is 0 Å². The first-order valence-electron chi connectivity index (χ1n) is 9.56. The number of hydrogen-bond acceptors (Lipinski definition) is 6. The van der Waals surface area contributed by atoms with Gasteiger partial charge in [0.2, 0.25) is 5.88 Å². The Balaban J connectivity index is 1.32. The van der Waals surface area contributed by atoms with Crippen molar-refractivity contribution in [2.75, 3.05) is 7.11 Å². The lowest BCUT2D eigenvalue weighted by Crippen LogP contribution is -2.39. The number of nitriles is 1. The maximum atomic E-state index is 12.6. The molecular formula is C22H21N3O4. The minimum atomic E-state index is -0.221. The van der Waals surface area contributed by atoms with Crippen molar-refractivity contribution in [3.63, 3.8) is 0 Å². The number of para-hydroxylation sites is 1. The molecule has 0 radical (unpaired) electrons. The van der Waals surface area contributed by atoms with Crippen LogP contribution in [0.1, 0.15) is 41.8 Å². The number of methoxy groups -OCH3 is 1. The molecule has 0 spiro atoms. The van der Waals surface area contributed by atoms with Crippen LogP contribution in [0.5, 0.6) is 11.6 Å². The van der Waals surface area contributed by atoms with Crippen molar-refractivity contribution in [2.45, 2.75) is 37.8 Å². The van der Waals surface area contributed by atoms with E-state index in [1.165, 1.54) is 6.20 Å². The molecule has 1 N–H and O–H groups in total. The van der Waals surface area contributed by atoms with Gasteiger partial charge in [-0.25, -0.2) is 4.98 Å². The van der Waals surface area contributed by atoms with Gasteiger partial charge in [0, 0.05) is 23.7 Å². The molecule has 4 rings (SSSR count). The number of benzene rings is 1. The standard InChI is InChI=1S/C22H21N3O4/c1-27-18-4-2-3-15-11-19(29-21(15)18)22(26)25-16-6-8-17(9-7-16)28-20-10-5-14(12-23)13-24-20/h2-5,10-11,13,16-17H,6-9H2,1H3,(H,25,26). The van der Waals surface area contributed by atoms with Crippen LogP contribution in [0.15, 0.2) is 47.0 Å². The van der Waals surface area contributed by atoms with Gasteiger partial charge in [0.15, 0.2) is 17.1 Å². The molecular weight excluding hydrogens is 370 g/mol. The van der Waals surface area contributed by atoms with Gasteiger partial charge in [0.05, 0.1) is 12.7 Å². The number of hydrogen-bond donors (Lipinski definition) is 1. The largest absolute Gasteiger partial charge is 0.493 e. The van der Waals surface area contributed by atoms with Crippen molar-refractivity contribution in [1.29, 1.82) is 5.26 Å². The van der Waals surface area contributed by atoms with Gasteiger partial charge in [0.1, 0.15) is 12.2 Å². The van der Waals surface area contributed by atoms with Crippen molar-refractivity contribution < 1.29 is 18.7 Å². The molecule has 1 aliphatic carbocycles. The summed E-state index contributed by atoms with van der Waals surface area (Å²) in [5.74, 6) is 1.19. The summed E-state index contributed by atoms with van der Waals surface area (Å²) in [4.78, 5) is 16.8. The summed E-state index contributed by atoms with van der Waals surface area (Å²) in [5, 5.41) is 12.7. The fourth-order valence-corrected chi connectivity index (χ4v) is 3.58. The minimum absolute atomic E-state index is 0.0547. The smallest absolute Gasteiger partial charge is 0.287 e. The number of carbonyl (C=O) groups excluding carboxylic acids is 1. The number of pyridine rings is 1. The Hall–Kier alpha value is -3.53. The van der Waals surface area contributed by atoms with Gasteiger partial charge in [-0.1, -0.05) is 12.1 Å². The maximum Gasteiger partial charge on any atom is 0.287 e. The van der Waals surface area contributed by atoms with Crippen LogP contribution in [-0.2, 0) is 0 Å². The molecule has 0 atom stereocenters. The molecule has 148 valence electrons. The molecule has 1 aliphatic rings. The molecule has 2 heterocycles. The van der Waals surface area contributed by atoms with Crippen molar-refractivity contribution in [1.82, 2.24) is 10.3 Å². The summed E-state index contributed by atoms with van der Waals surface area (Å²) < 4.78 is 16.9. The molecule has 29 heavy (non-hydrogen) atoms. The zero-order chi connectivity index (χ0) is 20.2. The SMILES string of the molecule is COc1cccc2cc(C(=O)NC3CCC(Oc4ccc(C#N)cn4)CC3)oc12. The molecule has 1 aromatic carbocycles. The second-order valence-corrected chi connectivity index (χ2v) is 7.05. The third kappa shape index (κ3) is 4.16. The number of fused-ring (bicyclic) bond motifs is 1. The fraction of sp³-hybridized carbons (Fsp3) is 0.318. The van der Waals surface area contributed by atoms with Crippen molar-refractivity contribution in [3.8, 4) is 17.7 Å². The van der Waals surface area contributed by atoms with Crippen LogP contribution < -0.4 is 14.8 Å². The minimum Gasteiger partial charge on any atom is -0.493 e. The number of rotatable bonds is 5.